The SMILES string of the molecule is C1=CCC[CH-]C1.[CH3-].[Fe+2]. The van der Waals surface area contributed by atoms with Gasteiger partial charge in [-0.05, 0) is 0 Å². The molecule has 0 saturated heterocycles. The first-order chi connectivity index (χ1) is 3.00. The molecule has 0 aromatic rings. The van der Waals surface area contributed by atoms with Crippen molar-refractivity contribution in [3.05, 3.63) is 26.0 Å². The minimum absolute atomic E-state index is 0. The maximum Gasteiger partial charge on any atom is 2.00 e. The Morgan fingerprint density at radius 2 is 2.00 bits per heavy atom. The molecule has 1 rings (SSSR count). The zero-order valence-electron chi connectivity index (χ0n) is 5.21. The molecule has 0 atom stereocenters. The first-order valence-corrected chi connectivity index (χ1v) is 2.47. The van der Waals surface area contributed by atoms with E-state index in [0.717, 1.165) is 0 Å². The third-order valence-electron chi connectivity index (χ3n) is 1.01. The molecule has 0 aliphatic heterocycles. The first-order valence-electron chi connectivity index (χ1n) is 2.47. The third kappa shape index (κ3) is 4.42. The van der Waals surface area contributed by atoms with Crippen molar-refractivity contribution < 1.29 is 17.1 Å². The summed E-state index contributed by atoms with van der Waals surface area (Å²) in [4.78, 5) is 0. The normalized spacial score (nSPS) is 16.0. The van der Waals surface area contributed by atoms with Crippen molar-refractivity contribution >= 4 is 0 Å². The van der Waals surface area contributed by atoms with E-state index in [-0.39, 0.29) is 24.5 Å². The Morgan fingerprint density at radius 3 is 2.12 bits per heavy atom. The monoisotopic (exact) mass is 152 g/mol. The van der Waals surface area contributed by atoms with Crippen LogP contribution >= 0.6 is 0 Å². The Hall–Kier alpha value is 0.259. The topological polar surface area (TPSA) is 0 Å². The molecule has 0 heterocycles. The second-order valence-electron chi connectivity index (χ2n) is 1.57. The summed E-state index contributed by atoms with van der Waals surface area (Å²) in [5, 5.41) is 0. The van der Waals surface area contributed by atoms with Gasteiger partial charge in [0, 0.05) is 0 Å². The Labute approximate surface area is 62.8 Å². The molecule has 0 bridgehead atoms. The van der Waals surface area contributed by atoms with Gasteiger partial charge in [0.15, 0.2) is 0 Å². The predicted molar refractivity (Wildman–Crippen MR) is 33.7 cm³/mol. The van der Waals surface area contributed by atoms with E-state index in [1.807, 2.05) is 0 Å². The van der Waals surface area contributed by atoms with Crippen LogP contribution in [0.1, 0.15) is 19.3 Å². The zero-order chi connectivity index (χ0) is 4.24. The van der Waals surface area contributed by atoms with Crippen molar-refractivity contribution in [1.82, 2.24) is 0 Å². The molecule has 0 aromatic carbocycles. The van der Waals surface area contributed by atoms with Gasteiger partial charge in [-0.2, -0.15) is 12.8 Å². The summed E-state index contributed by atoms with van der Waals surface area (Å²) in [6.07, 6.45) is 10.5. The van der Waals surface area contributed by atoms with Crippen LogP contribution in [-0.2, 0) is 17.1 Å². The summed E-state index contributed by atoms with van der Waals surface area (Å²) in [5.41, 5.74) is 0. The van der Waals surface area contributed by atoms with E-state index in [9.17, 15) is 0 Å². The minimum Gasteiger partial charge on any atom is -0.358 e. The molecule has 0 radical (unpaired) electrons. The fraction of sp³-hybridized carbons (Fsp3) is 0.429. The van der Waals surface area contributed by atoms with Gasteiger partial charge in [-0.25, -0.2) is 0 Å². The fourth-order valence-corrected chi connectivity index (χ4v) is 0.642. The summed E-state index contributed by atoms with van der Waals surface area (Å²) < 4.78 is 0. The van der Waals surface area contributed by atoms with Gasteiger partial charge in [-0.3, -0.25) is 0 Å². The van der Waals surface area contributed by atoms with E-state index in [1.165, 1.54) is 19.3 Å². The Kier molecular flexibility index (Phi) is 10.1. The first kappa shape index (κ1) is 11.1. The minimum atomic E-state index is 0. The zero-order valence-corrected chi connectivity index (χ0v) is 6.31. The van der Waals surface area contributed by atoms with Crippen LogP contribution in [0.2, 0.25) is 0 Å². The van der Waals surface area contributed by atoms with Crippen molar-refractivity contribution in [2.24, 2.45) is 0 Å². The molecular weight excluding hydrogens is 140 g/mol. The molecule has 0 nitrogen and oxygen atoms in total. The van der Waals surface area contributed by atoms with Crippen LogP contribution < -0.4 is 0 Å². The van der Waals surface area contributed by atoms with Crippen molar-refractivity contribution in [3.63, 3.8) is 0 Å². The van der Waals surface area contributed by atoms with Crippen LogP contribution in [0.25, 0.3) is 0 Å². The van der Waals surface area contributed by atoms with Gasteiger partial charge < -0.3 is 13.8 Å². The number of hydrogen-bond donors (Lipinski definition) is 0. The van der Waals surface area contributed by atoms with Gasteiger partial charge in [0.05, 0.1) is 0 Å². The Bertz CT molecular complexity index is 49.4. The maximum atomic E-state index is 2.31. The van der Waals surface area contributed by atoms with Crippen LogP contribution in [0, 0.1) is 13.8 Å². The van der Waals surface area contributed by atoms with Gasteiger partial charge in [-0.1, -0.05) is 12.5 Å². The van der Waals surface area contributed by atoms with Gasteiger partial charge in [-0.15, -0.1) is 6.08 Å². The number of rotatable bonds is 0. The summed E-state index contributed by atoms with van der Waals surface area (Å²) in [6.45, 7) is 0. The average molecular weight is 152 g/mol. The maximum absolute atomic E-state index is 2.31. The largest absolute Gasteiger partial charge is 2.00 e. The van der Waals surface area contributed by atoms with Gasteiger partial charge in [0.1, 0.15) is 0 Å². The van der Waals surface area contributed by atoms with Crippen molar-refractivity contribution in [2.45, 2.75) is 19.3 Å². The number of hydrogen-bond acceptors (Lipinski definition) is 0. The van der Waals surface area contributed by atoms with Crippen LogP contribution in [0.15, 0.2) is 12.2 Å². The molecule has 0 aromatic heterocycles. The van der Waals surface area contributed by atoms with Crippen molar-refractivity contribution in [3.8, 4) is 0 Å². The smallest absolute Gasteiger partial charge is 0.358 e. The summed E-state index contributed by atoms with van der Waals surface area (Å²) in [7, 11) is 0. The molecule has 1 aliphatic carbocycles. The molecule has 0 amide bonds. The molecule has 0 fully saturated rings. The van der Waals surface area contributed by atoms with E-state index in [1.54, 1.807) is 0 Å². The standard InChI is InChI=1S/C6H9.CH3.Fe/c1-2-4-6-5-3-1;;/h1-2,5H,3-4,6H2;1H3;/q2*-1;+2. The Morgan fingerprint density at radius 1 is 1.25 bits per heavy atom. The average Bonchev–Trinajstić information content (AvgIpc) is 1.72. The summed E-state index contributed by atoms with van der Waals surface area (Å²) in [5.74, 6) is 0. The Balaban J connectivity index is 0. The molecule has 0 N–H and O–H groups in total. The molecule has 0 unspecified atom stereocenters. The fourth-order valence-electron chi connectivity index (χ4n) is 0.642. The van der Waals surface area contributed by atoms with E-state index >= 15 is 0 Å². The van der Waals surface area contributed by atoms with Gasteiger partial charge in [0.25, 0.3) is 0 Å². The van der Waals surface area contributed by atoms with Crippen LogP contribution in [-0.4, -0.2) is 0 Å². The summed E-state index contributed by atoms with van der Waals surface area (Å²) in [6, 6.07) is 0. The van der Waals surface area contributed by atoms with E-state index in [2.05, 4.69) is 18.6 Å². The van der Waals surface area contributed by atoms with Crippen molar-refractivity contribution in [2.75, 3.05) is 0 Å². The second-order valence-corrected chi connectivity index (χ2v) is 1.57. The summed E-state index contributed by atoms with van der Waals surface area (Å²) >= 11 is 0. The van der Waals surface area contributed by atoms with Gasteiger partial charge in [0.2, 0.25) is 0 Å². The molecule has 1 aliphatic rings. The predicted octanol–water partition coefficient (Wildman–Crippen LogP) is 2.38. The van der Waals surface area contributed by atoms with Crippen LogP contribution in [0.5, 0.6) is 0 Å². The number of allylic oxidation sites excluding steroid dienone is 2. The van der Waals surface area contributed by atoms with E-state index < -0.39 is 0 Å². The van der Waals surface area contributed by atoms with Crippen molar-refractivity contribution in [1.29, 1.82) is 0 Å². The van der Waals surface area contributed by atoms with E-state index in [0.29, 0.717) is 0 Å². The van der Waals surface area contributed by atoms with Crippen LogP contribution in [0.3, 0.4) is 0 Å². The van der Waals surface area contributed by atoms with E-state index in [4.69, 9.17) is 0 Å². The molecule has 0 spiro atoms. The van der Waals surface area contributed by atoms with Gasteiger partial charge >= 0.3 is 17.1 Å². The van der Waals surface area contributed by atoms with Crippen LogP contribution in [0.4, 0.5) is 0 Å². The molecular formula is C7H12Fe. The molecule has 0 saturated carbocycles. The second kappa shape index (κ2) is 7.26. The molecule has 48 valence electrons. The quantitative estimate of drug-likeness (QED) is 0.284. The molecule has 1 heteroatoms. The third-order valence-corrected chi connectivity index (χ3v) is 1.01. The molecule has 8 heavy (non-hydrogen) atoms.